The van der Waals surface area contributed by atoms with Crippen LogP contribution in [0.3, 0.4) is 0 Å². The molecular weight excluding hydrogens is 452 g/mol. The third-order valence-corrected chi connectivity index (χ3v) is 6.43. The minimum absolute atomic E-state index is 0.292. The molecule has 1 atom stereocenters. The van der Waals surface area contributed by atoms with Crippen molar-refractivity contribution in [3.8, 4) is 23.8 Å². The fourth-order valence-electron chi connectivity index (χ4n) is 4.54. The van der Waals surface area contributed by atoms with Gasteiger partial charge in [-0.1, -0.05) is 0 Å². The predicted molar refractivity (Wildman–Crippen MR) is 137 cm³/mol. The summed E-state index contributed by atoms with van der Waals surface area (Å²) < 4.78 is 11.8. The van der Waals surface area contributed by atoms with Gasteiger partial charge in [0.15, 0.2) is 0 Å². The van der Waals surface area contributed by atoms with Gasteiger partial charge in [0.25, 0.3) is 0 Å². The van der Waals surface area contributed by atoms with Crippen LogP contribution in [-0.2, 0) is 17.6 Å². The quantitative estimate of drug-likeness (QED) is 0.511. The monoisotopic (exact) mass is 482 g/mol. The van der Waals surface area contributed by atoms with Crippen molar-refractivity contribution in [1.29, 1.82) is 10.5 Å². The molecule has 1 N–H and O–H groups in total. The Bertz CT molecular complexity index is 1300. The topological polar surface area (TPSA) is 107 Å². The average Bonchev–Trinajstić information content (AvgIpc) is 3.09. The second-order valence-electron chi connectivity index (χ2n) is 9.09. The van der Waals surface area contributed by atoms with Gasteiger partial charge in [-0.2, -0.15) is 15.5 Å². The van der Waals surface area contributed by atoms with Crippen molar-refractivity contribution in [2.45, 2.75) is 39.7 Å². The summed E-state index contributed by atoms with van der Waals surface area (Å²) in [7, 11) is 1.73. The van der Waals surface area contributed by atoms with Gasteiger partial charge in [0.2, 0.25) is 11.8 Å². The Morgan fingerprint density at radius 3 is 2.31 bits per heavy atom. The maximum Gasteiger partial charge on any atom is 0.230 e. The number of nitriles is 2. The van der Waals surface area contributed by atoms with Gasteiger partial charge in [0.05, 0.1) is 35.6 Å². The summed E-state index contributed by atoms with van der Waals surface area (Å²) >= 11 is 0. The SMILES string of the molecule is COCC(C)N1CCc2nc(Nc3ccc(C#N)cc3)nc(Oc3c(C)cc(C#N)cc3C)c2CC1. The molecule has 0 aliphatic carbocycles. The molecule has 184 valence electrons. The Kier molecular flexibility index (Phi) is 7.80. The zero-order chi connectivity index (χ0) is 25.7. The second kappa shape index (κ2) is 11.2. The molecule has 8 heteroatoms. The van der Waals surface area contributed by atoms with Crippen molar-refractivity contribution in [3.63, 3.8) is 0 Å². The molecule has 0 fully saturated rings. The molecule has 2 heterocycles. The van der Waals surface area contributed by atoms with Crippen LogP contribution in [0.15, 0.2) is 36.4 Å². The number of aryl methyl sites for hydroxylation is 2. The lowest BCUT2D eigenvalue weighted by molar-refractivity contribution is 0.102. The van der Waals surface area contributed by atoms with E-state index in [-0.39, 0.29) is 0 Å². The minimum Gasteiger partial charge on any atom is -0.438 e. The summed E-state index contributed by atoms with van der Waals surface area (Å²) in [6.45, 7) is 8.43. The molecule has 0 spiro atoms. The molecule has 0 saturated carbocycles. The van der Waals surface area contributed by atoms with Gasteiger partial charge < -0.3 is 14.8 Å². The summed E-state index contributed by atoms with van der Waals surface area (Å²) in [4.78, 5) is 12.0. The van der Waals surface area contributed by atoms with Crippen molar-refractivity contribution in [2.75, 3.05) is 32.1 Å². The summed E-state index contributed by atoms with van der Waals surface area (Å²) in [6, 6.07) is 15.4. The molecular formula is C28H30N6O2. The number of hydrogen-bond donors (Lipinski definition) is 1. The van der Waals surface area contributed by atoms with E-state index in [0.29, 0.717) is 41.4 Å². The Labute approximate surface area is 212 Å². The Balaban J connectivity index is 1.71. The number of ether oxygens (including phenoxy) is 2. The number of nitrogens with zero attached hydrogens (tertiary/aromatic N) is 5. The van der Waals surface area contributed by atoms with E-state index in [0.717, 1.165) is 54.0 Å². The number of rotatable bonds is 7. The van der Waals surface area contributed by atoms with Crippen LogP contribution in [-0.4, -0.2) is 47.7 Å². The Hall–Kier alpha value is -3.98. The highest BCUT2D eigenvalue weighted by molar-refractivity contribution is 5.57. The number of hydrogen-bond acceptors (Lipinski definition) is 8. The van der Waals surface area contributed by atoms with E-state index in [4.69, 9.17) is 24.7 Å². The maximum atomic E-state index is 9.32. The molecule has 8 nitrogen and oxygen atoms in total. The first-order valence-corrected chi connectivity index (χ1v) is 12.0. The van der Waals surface area contributed by atoms with Crippen LogP contribution in [0.5, 0.6) is 11.6 Å². The van der Waals surface area contributed by atoms with Crippen LogP contribution in [0.2, 0.25) is 0 Å². The molecule has 0 bridgehead atoms. The molecule has 0 radical (unpaired) electrons. The Morgan fingerprint density at radius 2 is 1.67 bits per heavy atom. The number of methoxy groups -OCH3 is 1. The highest BCUT2D eigenvalue weighted by Crippen LogP contribution is 2.34. The van der Waals surface area contributed by atoms with E-state index >= 15 is 0 Å². The van der Waals surface area contributed by atoms with Crippen molar-refractivity contribution in [2.24, 2.45) is 0 Å². The molecule has 1 aliphatic heterocycles. The maximum absolute atomic E-state index is 9.32. The van der Waals surface area contributed by atoms with E-state index < -0.39 is 0 Å². The van der Waals surface area contributed by atoms with Crippen LogP contribution in [0, 0.1) is 36.5 Å². The van der Waals surface area contributed by atoms with E-state index in [1.54, 1.807) is 19.2 Å². The number of benzene rings is 2. The summed E-state index contributed by atoms with van der Waals surface area (Å²) in [5, 5.41) is 21.7. The van der Waals surface area contributed by atoms with Gasteiger partial charge in [-0.25, -0.2) is 4.98 Å². The zero-order valence-electron chi connectivity index (χ0n) is 21.1. The lowest BCUT2D eigenvalue weighted by atomic mass is 10.1. The minimum atomic E-state index is 0.292. The lowest BCUT2D eigenvalue weighted by Gasteiger charge is -2.26. The van der Waals surface area contributed by atoms with Gasteiger partial charge >= 0.3 is 0 Å². The van der Waals surface area contributed by atoms with Crippen molar-refractivity contribution < 1.29 is 9.47 Å². The van der Waals surface area contributed by atoms with Crippen molar-refractivity contribution in [1.82, 2.24) is 14.9 Å². The predicted octanol–water partition coefficient (Wildman–Crippen LogP) is 4.81. The first-order chi connectivity index (χ1) is 17.4. The van der Waals surface area contributed by atoms with Gasteiger partial charge in [-0.05, 0) is 74.7 Å². The van der Waals surface area contributed by atoms with Crippen molar-refractivity contribution >= 4 is 11.6 Å². The smallest absolute Gasteiger partial charge is 0.230 e. The largest absolute Gasteiger partial charge is 0.438 e. The van der Waals surface area contributed by atoms with E-state index in [1.165, 1.54) is 0 Å². The third-order valence-electron chi connectivity index (χ3n) is 6.43. The number of fused-ring (bicyclic) bond motifs is 1. The summed E-state index contributed by atoms with van der Waals surface area (Å²) in [6.07, 6.45) is 1.51. The third kappa shape index (κ3) is 5.63. The molecule has 4 rings (SSSR count). The second-order valence-corrected chi connectivity index (χ2v) is 9.09. The van der Waals surface area contributed by atoms with E-state index in [9.17, 15) is 5.26 Å². The zero-order valence-corrected chi connectivity index (χ0v) is 21.1. The fourth-order valence-corrected chi connectivity index (χ4v) is 4.54. The average molecular weight is 483 g/mol. The first kappa shape index (κ1) is 25.1. The molecule has 3 aromatic rings. The van der Waals surface area contributed by atoms with Gasteiger partial charge in [0.1, 0.15) is 5.75 Å². The van der Waals surface area contributed by atoms with Crippen LogP contribution in [0.1, 0.15) is 40.4 Å². The highest BCUT2D eigenvalue weighted by Gasteiger charge is 2.24. The molecule has 1 aromatic heterocycles. The van der Waals surface area contributed by atoms with Crippen LogP contribution >= 0.6 is 0 Å². The molecule has 0 saturated heterocycles. The van der Waals surface area contributed by atoms with Gasteiger partial charge in [0, 0.05) is 43.9 Å². The molecule has 2 aromatic carbocycles. The molecule has 1 unspecified atom stereocenters. The molecule has 0 amide bonds. The number of anilines is 2. The molecule has 36 heavy (non-hydrogen) atoms. The highest BCUT2D eigenvalue weighted by atomic mass is 16.5. The van der Waals surface area contributed by atoms with E-state index in [2.05, 4.69) is 29.3 Å². The standard InChI is InChI=1S/C28H30N6O2/c1-18-13-22(16-30)14-19(2)26(18)36-27-24-9-11-34(20(3)17-35-4)12-10-25(24)32-28(33-27)31-23-7-5-21(15-29)6-8-23/h5-8,13-14,20H,9-12,17H2,1-4H3,(H,31,32,33). The molecule has 1 aliphatic rings. The Morgan fingerprint density at radius 1 is 1.00 bits per heavy atom. The number of aromatic nitrogens is 2. The van der Waals surface area contributed by atoms with Gasteiger partial charge in [-0.15, -0.1) is 0 Å². The normalized spacial score (nSPS) is 14.2. The van der Waals surface area contributed by atoms with E-state index in [1.807, 2.05) is 38.1 Å². The van der Waals surface area contributed by atoms with Gasteiger partial charge in [-0.3, -0.25) is 4.90 Å². The first-order valence-electron chi connectivity index (χ1n) is 12.0. The van der Waals surface area contributed by atoms with Crippen LogP contribution in [0.4, 0.5) is 11.6 Å². The van der Waals surface area contributed by atoms with Crippen LogP contribution < -0.4 is 10.1 Å². The number of nitrogens with one attached hydrogen (secondary N) is 1. The summed E-state index contributed by atoms with van der Waals surface area (Å²) in [5.74, 6) is 1.66. The summed E-state index contributed by atoms with van der Waals surface area (Å²) in [5.41, 5.74) is 5.68. The van der Waals surface area contributed by atoms with Crippen LogP contribution in [0.25, 0.3) is 0 Å². The lowest BCUT2D eigenvalue weighted by Crippen LogP contribution is -2.38. The van der Waals surface area contributed by atoms with Crippen molar-refractivity contribution in [3.05, 3.63) is 69.9 Å². The fraction of sp³-hybridized carbons (Fsp3) is 0.357.